The van der Waals surface area contributed by atoms with Crippen LogP contribution in [0.4, 0.5) is 10.2 Å². The van der Waals surface area contributed by atoms with E-state index in [1.165, 1.54) is 30.1 Å². The van der Waals surface area contributed by atoms with Crippen LogP contribution < -0.4 is 20.6 Å². The van der Waals surface area contributed by atoms with Crippen LogP contribution in [-0.2, 0) is 13.2 Å². The Hall–Kier alpha value is -4.56. The van der Waals surface area contributed by atoms with Gasteiger partial charge in [0.05, 0.1) is 24.0 Å². The summed E-state index contributed by atoms with van der Waals surface area (Å²) in [7, 11) is 1.48. The Labute approximate surface area is 245 Å². The molecule has 42 heavy (non-hydrogen) atoms. The first-order valence-electron chi connectivity index (χ1n) is 13.2. The van der Waals surface area contributed by atoms with Crippen molar-refractivity contribution >= 4 is 29.5 Å². The number of rotatable bonds is 10. The standard InChI is InChI=1S/C27H29ClFN9O4/c1-16-6-3-4-11-37(16)14-21-24(32-36-38(21)26-25(30)34-42-35-26)27(39)33-31-13-17-9-10-22(23(12-17)40-2)41-15-18-19(28)7-5-8-20(18)29/h5,7-10,12-13,16H,3-4,6,11,14-15H2,1-2H3,(H2,30,34)(H,33,39)/b31-13+/t16-/m1/s1. The summed E-state index contributed by atoms with van der Waals surface area (Å²) < 4.78 is 31.4. The molecule has 0 bridgehead atoms. The van der Waals surface area contributed by atoms with E-state index < -0.39 is 11.7 Å². The molecule has 0 saturated carbocycles. The quantitative estimate of drug-likeness (QED) is 0.204. The highest BCUT2D eigenvalue weighted by Gasteiger charge is 2.28. The summed E-state index contributed by atoms with van der Waals surface area (Å²) in [4.78, 5) is 15.4. The third-order valence-electron chi connectivity index (χ3n) is 6.97. The fourth-order valence-electron chi connectivity index (χ4n) is 4.63. The lowest BCUT2D eigenvalue weighted by molar-refractivity contribution is 0.0945. The second-order valence-electron chi connectivity index (χ2n) is 9.68. The number of hydrazone groups is 1. The van der Waals surface area contributed by atoms with Crippen molar-refractivity contribution in [3.8, 4) is 17.3 Å². The van der Waals surface area contributed by atoms with Gasteiger partial charge in [-0.1, -0.05) is 29.3 Å². The number of nitrogen functional groups attached to an aromatic ring is 1. The fourth-order valence-corrected chi connectivity index (χ4v) is 4.85. The number of nitrogens with zero attached hydrogens (tertiary/aromatic N) is 7. The first-order chi connectivity index (χ1) is 20.4. The average molecular weight is 598 g/mol. The van der Waals surface area contributed by atoms with E-state index in [4.69, 9.17) is 31.4 Å². The van der Waals surface area contributed by atoms with Gasteiger partial charge >= 0.3 is 0 Å². The fraction of sp³-hybridized carbons (Fsp3) is 0.333. The van der Waals surface area contributed by atoms with E-state index in [1.54, 1.807) is 24.3 Å². The number of amides is 1. The van der Waals surface area contributed by atoms with Gasteiger partial charge in [0.15, 0.2) is 17.2 Å². The molecule has 0 radical (unpaired) electrons. The molecule has 2 aromatic carbocycles. The van der Waals surface area contributed by atoms with Gasteiger partial charge in [0, 0.05) is 18.2 Å². The topological polar surface area (TPSA) is 159 Å². The van der Waals surface area contributed by atoms with Crippen molar-refractivity contribution in [1.82, 2.24) is 35.6 Å². The molecule has 1 saturated heterocycles. The van der Waals surface area contributed by atoms with Gasteiger partial charge in [0.1, 0.15) is 12.4 Å². The Morgan fingerprint density at radius 2 is 2.14 bits per heavy atom. The van der Waals surface area contributed by atoms with Crippen LogP contribution in [0.1, 0.15) is 53.5 Å². The molecular formula is C27H29ClFN9O4. The van der Waals surface area contributed by atoms with Crippen LogP contribution in [0.3, 0.4) is 0 Å². The largest absolute Gasteiger partial charge is 0.493 e. The Morgan fingerprint density at radius 3 is 2.88 bits per heavy atom. The molecule has 3 N–H and O–H groups in total. The highest BCUT2D eigenvalue weighted by molar-refractivity contribution is 6.31. The van der Waals surface area contributed by atoms with Crippen LogP contribution in [0.5, 0.6) is 11.5 Å². The summed E-state index contributed by atoms with van der Waals surface area (Å²) in [5.41, 5.74) is 9.79. The number of carbonyl (C=O) groups excluding carboxylic acids is 1. The number of nitrogens with one attached hydrogen (secondary N) is 1. The minimum atomic E-state index is -0.569. The Morgan fingerprint density at radius 1 is 1.29 bits per heavy atom. The lowest BCUT2D eigenvalue weighted by Crippen LogP contribution is -2.38. The lowest BCUT2D eigenvalue weighted by Gasteiger charge is -2.33. The number of anilines is 1. The minimum absolute atomic E-state index is 0.0243. The van der Waals surface area contributed by atoms with E-state index in [2.05, 4.69) is 43.0 Å². The molecule has 1 atom stereocenters. The second kappa shape index (κ2) is 13.0. The van der Waals surface area contributed by atoms with Gasteiger partial charge in [-0.15, -0.1) is 5.10 Å². The lowest BCUT2D eigenvalue weighted by atomic mass is 10.0. The Kier molecular flexibility index (Phi) is 8.93. The zero-order chi connectivity index (χ0) is 29.6. The molecule has 4 aromatic rings. The minimum Gasteiger partial charge on any atom is -0.493 e. The van der Waals surface area contributed by atoms with Crippen LogP contribution in [0, 0.1) is 5.82 Å². The summed E-state index contributed by atoms with van der Waals surface area (Å²) in [6.45, 7) is 3.32. The number of ether oxygens (including phenoxy) is 2. The highest BCUT2D eigenvalue weighted by atomic mass is 35.5. The third kappa shape index (κ3) is 6.34. The van der Waals surface area contributed by atoms with E-state index in [1.807, 2.05) is 0 Å². The highest BCUT2D eigenvalue weighted by Crippen LogP contribution is 2.30. The average Bonchev–Trinajstić information content (AvgIpc) is 3.59. The van der Waals surface area contributed by atoms with Gasteiger partial charge in [-0.2, -0.15) is 9.78 Å². The first-order valence-corrected chi connectivity index (χ1v) is 13.6. The number of hydrogen-bond acceptors (Lipinski definition) is 11. The Balaban J connectivity index is 1.30. The molecule has 0 spiro atoms. The van der Waals surface area contributed by atoms with E-state index in [-0.39, 0.29) is 34.5 Å². The predicted molar refractivity (Wildman–Crippen MR) is 151 cm³/mol. The third-order valence-corrected chi connectivity index (χ3v) is 7.32. The predicted octanol–water partition coefficient (Wildman–Crippen LogP) is 3.75. The van der Waals surface area contributed by atoms with Gasteiger partial charge in [0.25, 0.3) is 5.91 Å². The van der Waals surface area contributed by atoms with E-state index in [9.17, 15) is 9.18 Å². The normalized spacial score (nSPS) is 15.7. The number of aromatic nitrogens is 5. The van der Waals surface area contributed by atoms with Crippen molar-refractivity contribution in [1.29, 1.82) is 0 Å². The van der Waals surface area contributed by atoms with Gasteiger partial charge in [-0.05, 0) is 72.5 Å². The van der Waals surface area contributed by atoms with Crippen molar-refractivity contribution in [2.45, 2.75) is 45.4 Å². The van der Waals surface area contributed by atoms with Crippen molar-refractivity contribution in [2.75, 3.05) is 19.4 Å². The Bertz CT molecular complexity index is 1570. The summed E-state index contributed by atoms with van der Waals surface area (Å²) >= 11 is 6.09. The summed E-state index contributed by atoms with van der Waals surface area (Å²) in [6, 6.07) is 9.76. The van der Waals surface area contributed by atoms with Gasteiger partial charge < -0.3 is 15.2 Å². The van der Waals surface area contributed by atoms with Crippen LogP contribution in [0.25, 0.3) is 5.82 Å². The van der Waals surface area contributed by atoms with Crippen LogP contribution in [0.15, 0.2) is 46.1 Å². The molecule has 13 nitrogen and oxygen atoms in total. The van der Waals surface area contributed by atoms with Crippen molar-refractivity contribution in [2.24, 2.45) is 5.10 Å². The molecule has 1 aliphatic rings. The number of hydrogen-bond donors (Lipinski definition) is 2. The van der Waals surface area contributed by atoms with E-state index >= 15 is 0 Å². The molecule has 15 heteroatoms. The summed E-state index contributed by atoms with van der Waals surface area (Å²) in [6.07, 6.45) is 4.68. The maximum atomic E-state index is 14.1. The SMILES string of the molecule is COc1cc(/C=N/NC(=O)c2nnn(-c3nonc3N)c2CN2CCCC[C@H]2C)ccc1OCc1c(F)cccc1Cl. The van der Waals surface area contributed by atoms with E-state index in [0.717, 1.165) is 25.8 Å². The first kappa shape index (κ1) is 29.0. The number of benzene rings is 2. The number of methoxy groups -OCH3 is 1. The number of likely N-dealkylation sites (tertiary alicyclic amines) is 1. The maximum absolute atomic E-state index is 14.1. The van der Waals surface area contributed by atoms with Crippen molar-refractivity contribution in [3.05, 3.63) is 69.8 Å². The number of carbonyl (C=O) groups is 1. The molecular weight excluding hydrogens is 569 g/mol. The zero-order valence-electron chi connectivity index (χ0n) is 23.0. The monoisotopic (exact) mass is 597 g/mol. The molecule has 220 valence electrons. The number of nitrogens with two attached hydrogens (primary N) is 1. The van der Waals surface area contributed by atoms with Gasteiger partial charge in [-0.3, -0.25) is 9.69 Å². The summed E-state index contributed by atoms with van der Waals surface area (Å²) in [5, 5.41) is 20.0. The molecule has 2 aromatic heterocycles. The number of halogens is 2. The van der Waals surface area contributed by atoms with E-state index in [0.29, 0.717) is 35.3 Å². The van der Waals surface area contributed by atoms with Gasteiger partial charge in [-0.25, -0.2) is 14.4 Å². The number of piperidine rings is 1. The zero-order valence-corrected chi connectivity index (χ0v) is 23.7. The van der Waals surface area contributed by atoms with Gasteiger partial charge in [0.2, 0.25) is 11.6 Å². The molecule has 0 unspecified atom stereocenters. The molecule has 5 rings (SSSR count). The molecule has 1 fully saturated rings. The molecule has 3 heterocycles. The molecule has 0 aliphatic carbocycles. The van der Waals surface area contributed by atoms with Crippen LogP contribution in [0.2, 0.25) is 5.02 Å². The summed E-state index contributed by atoms with van der Waals surface area (Å²) in [5.74, 6) is -0.0885. The smallest absolute Gasteiger partial charge is 0.293 e. The van der Waals surface area contributed by atoms with Crippen molar-refractivity contribution < 1.29 is 23.3 Å². The van der Waals surface area contributed by atoms with Crippen LogP contribution in [-0.4, -0.2) is 62.0 Å². The molecule has 1 aliphatic heterocycles. The van der Waals surface area contributed by atoms with Crippen LogP contribution >= 0.6 is 11.6 Å². The molecule has 1 amide bonds. The second-order valence-corrected chi connectivity index (χ2v) is 10.1. The van der Waals surface area contributed by atoms with Crippen molar-refractivity contribution in [3.63, 3.8) is 0 Å². The maximum Gasteiger partial charge on any atom is 0.293 e.